The summed E-state index contributed by atoms with van der Waals surface area (Å²) in [6.45, 7) is 0.137. The van der Waals surface area contributed by atoms with Gasteiger partial charge >= 0.3 is 0 Å². The normalized spacial score (nSPS) is 16.7. The van der Waals surface area contributed by atoms with E-state index < -0.39 is 34.5 Å². The van der Waals surface area contributed by atoms with Crippen molar-refractivity contribution >= 4 is 11.6 Å². The van der Waals surface area contributed by atoms with Gasteiger partial charge in [0.15, 0.2) is 11.6 Å². The van der Waals surface area contributed by atoms with Crippen molar-refractivity contribution in [2.45, 2.75) is 12.8 Å². The highest BCUT2D eigenvalue weighted by atomic mass is 19.2. The van der Waals surface area contributed by atoms with Crippen LogP contribution in [0.3, 0.4) is 0 Å². The Morgan fingerprint density at radius 3 is 2.53 bits per heavy atom. The maximum Gasteiger partial charge on any atom is 0.231 e. The van der Waals surface area contributed by atoms with Crippen LogP contribution in [0.2, 0.25) is 0 Å². The number of amides is 1. The number of anilines is 1. The number of nitrogens with two attached hydrogens (primary N) is 1. The predicted octanol–water partition coefficient (Wildman–Crippen LogP) is 1.78. The molecule has 0 spiro atoms. The van der Waals surface area contributed by atoms with Crippen LogP contribution in [0.25, 0.3) is 0 Å². The van der Waals surface area contributed by atoms with E-state index in [0.717, 1.165) is 6.07 Å². The second kappa shape index (κ2) is 4.03. The van der Waals surface area contributed by atoms with E-state index in [1.807, 2.05) is 0 Å². The van der Waals surface area contributed by atoms with Crippen LogP contribution in [0, 0.1) is 22.9 Å². The van der Waals surface area contributed by atoms with Crippen LogP contribution in [-0.2, 0) is 4.79 Å². The fourth-order valence-electron chi connectivity index (χ4n) is 1.58. The third kappa shape index (κ3) is 2.12. The van der Waals surface area contributed by atoms with E-state index in [1.165, 1.54) is 0 Å². The molecule has 1 amide bonds. The van der Waals surface area contributed by atoms with Gasteiger partial charge in [0, 0.05) is 18.7 Å². The van der Waals surface area contributed by atoms with Gasteiger partial charge in [0.25, 0.3) is 0 Å². The Morgan fingerprint density at radius 1 is 1.35 bits per heavy atom. The lowest BCUT2D eigenvalue weighted by molar-refractivity contribution is -0.120. The predicted molar refractivity (Wildman–Crippen MR) is 55.7 cm³/mol. The summed E-state index contributed by atoms with van der Waals surface area (Å²) in [5.41, 5.74) is 4.23. The quantitative estimate of drug-likeness (QED) is 0.796. The first kappa shape index (κ1) is 11.9. The Balaban J connectivity index is 2.22. The molecule has 17 heavy (non-hydrogen) atoms. The summed E-state index contributed by atoms with van der Waals surface area (Å²) in [4.78, 5) is 11.7. The average molecular weight is 244 g/mol. The molecule has 0 atom stereocenters. The Labute approximate surface area is 95.8 Å². The first-order valence-electron chi connectivity index (χ1n) is 5.14. The van der Waals surface area contributed by atoms with Crippen molar-refractivity contribution in [3.8, 4) is 0 Å². The fourth-order valence-corrected chi connectivity index (χ4v) is 1.58. The van der Waals surface area contributed by atoms with E-state index in [1.54, 1.807) is 0 Å². The minimum Gasteiger partial charge on any atom is -0.329 e. The molecule has 1 aliphatic carbocycles. The molecule has 0 heterocycles. The Hall–Kier alpha value is -1.56. The molecule has 1 aliphatic rings. The maximum absolute atomic E-state index is 13.3. The van der Waals surface area contributed by atoms with Crippen LogP contribution in [0.4, 0.5) is 18.9 Å². The molecule has 3 N–H and O–H groups in total. The minimum atomic E-state index is -1.34. The number of carbonyl (C=O) groups excluding carboxylic acids is 1. The van der Waals surface area contributed by atoms with Gasteiger partial charge in [-0.1, -0.05) is 0 Å². The molecule has 0 radical (unpaired) electrons. The summed E-state index contributed by atoms with van der Waals surface area (Å²) >= 11 is 0. The van der Waals surface area contributed by atoms with Gasteiger partial charge in [0.1, 0.15) is 5.82 Å². The number of hydrogen-bond donors (Lipinski definition) is 2. The van der Waals surface area contributed by atoms with Crippen molar-refractivity contribution in [3.05, 3.63) is 29.6 Å². The van der Waals surface area contributed by atoms with E-state index in [-0.39, 0.29) is 6.54 Å². The molecular weight excluding hydrogens is 233 g/mol. The molecule has 1 saturated carbocycles. The van der Waals surface area contributed by atoms with Gasteiger partial charge in [-0.2, -0.15) is 0 Å². The molecule has 0 aliphatic heterocycles. The third-order valence-corrected chi connectivity index (χ3v) is 2.97. The van der Waals surface area contributed by atoms with Gasteiger partial charge in [0.05, 0.1) is 11.1 Å². The first-order chi connectivity index (χ1) is 7.98. The molecule has 0 unspecified atom stereocenters. The number of halogens is 3. The van der Waals surface area contributed by atoms with Gasteiger partial charge in [-0.25, -0.2) is 13.2 Å². The minimum absolute atomic E-state index is 0.137. The van der Waals surface area contributed by atoms with E-state index >= 15 is 0 Å². The lowest BCUT2D eigenvalue weighted by atomic mass is 10.1. The molecule has 1 aromatic carbocycles. The maximum atomic E-state index is 13.3. The van der Waals surface area contributed by atoms with Crippen molar-refractivity contribution in [2.75, 3.05) is 11.9 Å². The van der Waals surface area contributed by atoms with Gasteiger partial charge in [-0.3, -0.25) is 4.79 Å². The molecule has 2 rings (SSSR count). The van der Waals surface area contributed by atoms with Crippen LogP contribution < -0.4 is 11.1 Å². The highest BCUT2D eigenvalue weighted by Gasteiger charge is 2.48. The monoisotopic (exact) mass is 244 g/mol. The summed E-state index contributed by atoms with van der Waals surface area (Å²) in [5, 5.41) is 2.17. The lowest BCUT2D eigenvalue weighted by Gasteiger charge is -2.13. The average Bonchev–Trinajstić information content (AvgIpc) is 3.06. The van der Waals surface area contributed by atoms with Crippen LogP contribution in [-0.4, -0.2) is 12.5 Å². The van der Waals surface area contributed by atoms with Crippen LogP contribution in [0.5, 0.6) is 0 Å². The van der Waals surface area contributed by atoms with Crippen LogP contribution in [0.15, 0.2) is 12.1 Å². The van der Waals surface area contributed by atoms with Gasteiger partial charge < -0.3 is 11.1 Å². The molecule has 92 valence electrons. The molecule has 0 aromatic heterocycles. The topological polar surface area (TPSA) is 55.1 Å². The Bertz CT molecular complexity index is 472. The molecule has 1 fully saturated rings. The number of hydrogen-bond acceptors (Lipinski definition) is 2. The van der Waals surface area contributed by atoms with E-state index in [0.29, 0.717) is 18.9 Å². The first-order valence-corrected chi connectivity index (χ1v) is 5.14. The van der Waals surface area contributed by atoms with E-state index in [2.05, 4.69) is 5.32 Å². The van der Waals surface area contributed by atoms with Gasteiger partial charge in [-0.15, -0.1) is 0 Å². The van der Waals surface area contributed by atoms with Crippen LogP contribution >= 0.6 is 0 Å². The van der Waals surface area contributed by atoms with E-state index in [4.69, 9.17) is 5.73 Å². The summed E-state index contributed by atoms with van der Waals surface area (Å²) in [7, 11) is 0. The number of nitrogens with one attached hydrogen (secondary N) is 1. The lowest BCUT2D eigenvalue weighted by Crippen LogP contribution is -2.31. The Kier molecular flexibility index (Phi) is 2.82. The van der Waals surface area contributed by atoms with Gasteiger partial charge in [0.2, 0.25) is 5.91 Å². The summed E-state index contributed by atoms with van der Waals surface area (Å²) in [5.74, 6) is -4.05. The standard InChI is InChI=1S/C11H11F3N2O/c12-6-3-7(13)9(14)8(4-6)16-10(17)11(5-15)1-2-11/h3-4H,1-2,5,15H2,(H,16,17). The van der Waals surface area contributed by atoms with Crippen LogP contribution in [0.1, 0.15) is 12.8 Å². The number of carbonyl (C=O) groups is 1. The van der Waals surface area contributed by atoms with Crippen molar-refractivity contribution in [1.82, 2.24) is 0 Å². The summed E-state index contributed by atoms with van der Waals surface area (Å²) in [6.07, 6.45) is 1.21. The molecular formula is C11H11F3N2O. The largest absolute Gasteiger partial charge is 0.329 e. The Morgan fingerprint density at radius 2 is 2.00 bits per heavy atom. The van der Waals surface area contributed by atoms with Crippen molar-refractivity contribution in [2.24, 2.45) is 11.1 Å². The number of rotatable bonds is 3. The summed E-state index contributed by atoms with van der Waals surface area (Å²) < 4.78 is 39.0. The van der Waals surface area contributed by atoms with Crippen molar-refractivity contribution in [1.29, 1.82) is 0 Å². The fraction of sp³-hybridized carbons (Fsp3) is 0.364. The number of benzene rings is 1. The zero-order valence-corrected chi connectivity index (χ0v) is 8.90. The SMILES string of the molecule is NCC1(C(=O)Nc2cc(F)cc(F)c2F)CC1. The molecule has 0 saturated heterocycles. The van der Waals surface area contributed by atoms with E-state index in [9.17, 15) is 18.0 Å². The highest BCUT2D eigenvalue weighted by Crippen LogP contribution is 2.45. The molecule has 1 aromatic rings. The second-order valence-corrected chi connectivity index (χ2v) is 4.19. The highest BCUT2D eigenvalue weighted by molar-refractivity contribution is 5.97. The van der Waals surface area contributed by atoms with Crippen molar-refractivity contribution < 1.29 is 18.0 Å². The third-order valence-electron chi connectivity index (χ3n) is 2.97. The summed E-state index contributed by atoms with van der Waals surface area (Å²) in [6, 6.07) is 1.16. The zero-order chi connectivity index (χ0) is 12.6. The molecule has 6 heteroatoms. The molecule has 0 bridgehead atoms. The second-order valence-electron chi connectivity index (χ2n) is 4.19. The molecule has 3 nitrogen and oxygen atoms in total. The van der Waals surface area contributed by atoms with Gasteiger partial charge in [-0.05, 0) is 12.8 Å². The van der Waals surface area contributed by atoms with Crippen molar-refractivity contribution in [3.63, 3.8) is 0 Å². The zero-order valence-electron chi connectivity index (χ0n) is 8.90. The smallest absolute Gasteiger partial charge is 0.231 e.